The van der Waals surface area contributed by atoms with Gasteiger partial charge in [-0.25, -0.2) is 0 Å². The number of nitrogens with zero attached hydrogens (tertiary/aromatic N) is 3. The lowest BCUT2D eigenvalue weighted by Gasteiger charge is -2.28. The zero-order chi connectivity index (χ0) is 20.0. The maximum atomic E-state index is 10.6. The lowest BCUT2D eigenvalue weighted by Crippen LogP contribution is -2.29. The maximum Gasteiger partial charge on any atom is 0.174 e. The summed E-state index contributed by atoms with van der Waals surface area (Å²) in [6.45, 7) is 4.17. The summed E-state index contributed by atoms with van der Waals surface area (Å²) < 4.78 is 2.15. The minimum absolute atomic E-state index is 0.130. The largest absolute Gasteiger partial charge is 0.506 e. The van der Waals surface area contributed by atoms with E-state index < -0.39 is 0 Å². The molecule has 2 N–H and O–H groups in total. The van der Waals surface area contributed by atoms with Gasteiger partial charge in [-0.1, -0.05) is 17.7 Å². The van der Waals surface area contributed by atoms with E-state index in [9.17, 15) is 5.11 Å². The standard InChI is InChI=1S/C21H21ClN4OS/c1-12-10-15(13(2)25(12)3)20-19(16-6-4-5-9-23-16)24-21(28)26(20)17-11-14(22)7-8-18(17)27/h4-11,19-20,27H,1-3H3,(H,24,28)/t19-,20+/m1/s1. The van der Waals surface area contributed by atoms with Crippen LogP contribution in [0, 0.1) is 13.8 Å². The number of halogens is 1. The molecule has 5 nitrogen and oxygen atoms in total. The second-order valence-corrected chi connectivity index (χ2v) is 7.84. The Hall–Kier alpha value is -2.57. The number of phenols is 1. The van der Waals surface area contributed by atoms with E-state index in [1.807, 2.05) is 30.1 Å². The monoisotopic (exact) mass is 412 g/mol. The van der Waals surface area contributed by atoms with Gasteiger partial charge in [-0.3, -0.25) is 4.98 Å². The Morgan fingerprint density at radius 2 is 1.96 bits per heavy atom. The van der Waals surface area contributed by atoms with Gasteiger partial charge in [-0.2, -0.15) is 0 Å². The van der Waals surface area contributed by atoms with Crippen LogP contribution in [0.2, 0.25) is 5.02 Å². The lowest BCUT2D eigenvalue weighted by atomic mass is 9.96. The second-order valence-electron chi connectivity index (χ2n) is 7.02. The van der Waals surface area contributed by atoms with Crippen LogP contribution < -0.4 is 10.2 Å². The van der Waals surface area contributed by atoms with Crippen molar-refractivity contribution in [3.05, 3.63) is 76.3 Å². The molecule has 0 amide bonds. The van der Waals surface area contributed by atoms with E-state index >= 15 is 0 Å². The number of nitrogens with one attached hydrogen (secondary N) is 1. The molecule has 3 heterocycles. The number of rotatable bonds is 3. The number of aromatic nitrogens is 2. The van der Waals surface area contributed by atoms with Gasteiger partial charge in [0.1, 0.15) is 5.75 Å². The maximum absolute atomic E-state index is 10.6. The third-order valence-electron chi connectivity index (χ3n) is 5.43. The van der Waals surface area contributed by atoms with Crippen LogP contribution in [0.5, 0.6) is 5.75 Å². The van der Waals surface area contributed by atoms with Crippen molar-refractivity contribution in [1.82, 2.24) is 14.9 Å². The molecule has 1 aliphatic heterocycles. The smallest absolute Gasteiger partial charge is 0.174 e. The highest BCUT2D eigenvalue weighted by molar-refractivity contribution is 7.80. The molecule has 1 aromatic carbocycles. The molecule has 0 radical (unpaired) electrons. The Kier molecular flexibility index (Phi) is 4.77. The van der Waals surface area contributed by atoms with Crippen LogP contribution in [0.15, 0.2) is 48.7 Å². The molecule has 0 unspecified atom stereocenters. The summed E-state index contributed by atoms with van der Waals surface area (Å²) in [6.07, 6.45) is 1.78. The van der Waals surface area contributed by atoms with Crippen LogP contribution in [0.25, 0.3) is 0 Å². The van der Waals surface area contributed by atoms with Gasteiger partial charge in [-0.15, -0.1) is 0 Å². The predicted octanol–water partition coefficient (Wildman–Crippen LogP) is 4.57. The summed E-state index contributed by atoms with van der Waals surface area (Å²) >= 11 is 11.9. The van der Waals surface area contributed by atoms with Crippen LogP contribution in [0.1, 0.15) is 34.7 Å². The van der Waals surface area contributed by atoms with Gasteiger partial charge >= 0.3 is 0 Å². The number of benzene rings is 1. The SMILES string of the molecule is Cc1cc([C@H]2[C@@H](c3ccccn3)NC(=S)N2c2cc(Cl)ccc2O)c(C)n1C. The Morgan fingerprint density at radius 1 is 1.18 bits per heavy atom. The first-order valence-electron chi connectivity index (χ1n) is 9.00. The average Bonchev–Trinajstić information content (AvgIpc) is 3.15. The molecule has 3 aromatic rings. The predicted molar refractivity (Wildman–Crippen MR) is 116 cm³/mol. The van der Waals surface area contributed by atoms with Gasteiger partial charge in [0.25, 0.3) is 0 Å². The van der Waals surface area contributed by atoms with Crippen molar-refractivity contribution < 1.29 is 5.11 Å². The minimum Gasteiger partial charge on any atom is -0.506 e. The van der Waals surface area contributed by atoms with Gasteiger partial charge in [-0.05, 0) is 68.0 Å². The van der Waals surface area contributed by atoms with E-state index in [1.165, 1.54) is 0 Å². The van der Waals surface area contributed by atoms with Gasteiger partial charge in [0, 0.05) is 29.7 Å². The quantitative estimate of drug-likeness (QED) is 0.617. The van der Waals surface area contributed by atoms with Crippen molar-refractivity contribution in [1.29, 1.82) is 0 Å². The molecule has 144 valence electrons. The van der Waals surface area contributed by atoms with Crippen LogP contribution >= 0.6 is 23.8 Å². The van der Waals surface area contributed by atoms with Gasteiger partial charge in [0.2, 0.25) is 0 Å². The van der Waals surface area contributed by atoms with Gasteiger partial charge in [0.05, 0.1) is 23.5 Å². The first kappa shape index (κ1) is 18.8. The van der Waals surface area contributed by atoms with Crippen LogP contribution in [0.3, 0.4) is 0 Å². The molecule has 1 fully saturated rings. The molecule has 0 bridgehead atoms. The molecular formula is C21H21ClN4OS. The van der Waals surface area contributed by atoms with Crippen molar-refractivity contribution in [2.45, 2.75) is 25.9 Å². The summed E-state index contributed by atoms with van der Waals surface area (Å²) in [4.78, 5) is 6.50. The number of aryl methyl sites for hydroxylation is 1. The Morgan fingerprint density at radius 3 is 2.61 bits per heavy atom. The lowest BCUT2D eigenvalue weighted by molar-refractivity contribution is 0.472. The second kappa shape index (κ2) is 7.11. The fraction of sp³-hybridized carbons (Fsp3) is 0.238. The van der Waals surface area contributed by atoms with Crippen molar-refractivity contribution in [2.75, 3.05) is 4.90 Å². The summed E-state index contributed by atoms with van der Waals surface area (Å²) in [5.41, 5.74) is 4.89. The Balaban J connectivity index is 1.92. The van der Waals surface area contributed by atoms with E-state index in [-0.39, 0.29) is 17.8 Å². The zero-order valence-corrected chi connectivity index (χ0v) is 17.4. The van der Waals surface area contributed by atoms with Crippen LogP contribution in [-0.4, -0.2) is 19.8 Å². The molecule has 0 spiro atoms. The van der Waals surface area contributed by atoms with Crippen molar-refractivity contribution in [2.24, 2.45) is 7.05 Å². The number of thiocarbonyl (C=S) groups is 1. The summed E-state index contributed by atoms with van der Waals surface area (Å²) in [6, 6.07) is 12.7. The van der Waals surface area contributed by atoms with E-state index in [4.69, 9.17) is 23.8 Å². The minimum atomic E-state index is -0.174. The number of anilines is 1. The van der Waals surface area contributed by atoms with Crippen LogP contribution in [0.4, 0.5) is 5.69 Å². The number of hydrogen-bond donors (Lipinski definition) is 2. The molecular weight excluding hydrogens is 392 g/mol. The molecule has 4 rings (SSSR count). The van der Waals surface area contributed by atoms with Gasteiger partial charge < -0.3 is 19.9 Å². The number of hydrogen-bond acceptors (Lipinski definition) is 3. The zero-order valence-electron chi connectivity index (χ0n) is 15.8. The first-order chi connectivity index (χ1) is 13.4. The fourth-order valence-corrected chi connectivity index (χ4v) is 4.31. The molecule has 7 heteroatoms. The highest BCUT2D eigenvalue weighted by atomic mass is 35.5. The summed E-state index contributed by atoms with van der Waals surface area (Å²) in [7, 11) is 2.05. The van der Waals surface area contributed by atoms with Gasteiger partial charge in [0.15, 0.2) is 5.11 Å². The summed E-state index contributed by atoms with van der Waals surface area (Å²) in [5, 5.41) is 15.0. The van der Waals surface area contributed by atoms with Crippen molar-refractivity contribution in [3.8, 4) is 5.75 Å². The normalized spacial score (nSPS) is 19.1. The number of phenolic OH excluding ortho intramolecular Hbond substituents is 1. The molecule has 0 saturated carbocycles. The van der Waals surface area contributed by atoms with Crippen molar-refractivity contribution in [3.63, 3.8) is 0 Å². The topological polar surface area (TPSA) is 53.3 Å². The Bertz CT molecular complexity index is 1050. The van der Waals surface area contributed by atoms with E-state index in [0.29, 0.717) is 15.8 Å². The van der Waals surface area contributed by atoms with E-state index in [2.05, 4.69) is 34.8 Å². The highest BCUT2D eigenvalue weighted by Gasteiger charge is 2.42. The third kappa shape index (κ3) is 3.02. The Labute approximate surface area is 174 Å². The third-order valence-corrected chi connectivity index (χ3v) is 5.98. The molecule has 2 atom stereocenters. The molecule has 1 saturated heterocycles. The average molecular weight is 413 g/mol. The fourth-order valence-electron chi connectivity index (χ4n) is 3.80. The molecule has 1 aliphatic rings. The van der Waals surface area contributed by atoms with Crippen molar-refractivity contribution >= 4 is 34.6 Å². The number of aromatic hydroxyl groups is 1. The highest BCUT2D eigenvalue weighted by Crippen LogP contribution is 2.46. The molecule has 2 aromatic heterocycles. The summed E-state index contributed by atoms with van der Waals surface area (Å²) in [5.74, 6) is 0.130. The molecule has 28 heavy (non-hydrogen) atoms. The molecule has 0 aliphatic carbocycles. The van der Waals surface area contributed by atoms with E-state index in [0.717, 1.165) is 22.6 Å². The number of pyridine rings is 1. The first-order valence-corrected chi connectivity index (χ1v) is 9.79. The van der Waals surface area contributed by atoms with E-state index in [1.54, 1.807) is 24.4 Å². The van der Waals surface area contributed by atoms with Crippen LogP contribution in [-0.2, 0) is 7.05 Å².